The minimum atomic E-state index is 0.204. The molecule has 2 N–H and O–H groups in total. The normalized spacial score (nSPS) is 10.4. The molecule has 1 aromatic heterocycles. The molecular weight excluding hydrogens is 242 g/mol. The van der Waals surface area contributed by atoms with Gasteiger partial charge in [0, 0.05) is 12.6 Å². The lowest BCUT2D eigenvalue weighted by Gasteiger charge is -2.14. The number of anilines is 2. The summed E-state index contributed by atoms with van der Waals surface area (Å²) in [6.07, 6.45) is 0. The number of nitriles is 1. The van der Waals surface area contributed by atoms with Crippen LogP contribution in [0, 0.1) is 17.2 Å². The molecule has 1 heterocycles. The smallest absolute Gasteiger partial charge is 0.238 e. The van der Waals surface area contributed by atoms with E-state index >= 15 is 0 Å². The van der Waals surface area contributed by atoms with Crippen LogP contribution in [-0.4, -0.2) is 29.7 Å². The van der Waals surface area contributed by atoms with Gasteiger partial charge in [0.25, 0.3) is 0 Å². The number of hydrogen-bond acceptors (Lipinski definition) is 6. The molecule has 0 aliphatic carbocycles. The summed E-state index contributed by atoms with van der Waals surface area (Å²) in [6.45, 7) is 8.90. The van der Waals surface area contributed by atoms with Gasteiger partial charge < -0.3 is 15.4 Å². The average molecular weight is 263 g/mol. The molecule has 0 saturated carbocycles. The van der Waals surface area contributed by atoms with Crippen LogP contribution in [-0.2, 0) is 0 Å². The Kier molecular flexibility index (Phi) is 5.37. The lowest BCUT2D eigenvalue weighted by atomic mass is 10.2. The van der Waals surface area contributed by atoms with Crippen LogP contribution < -0.4 is 15.4 Å². The van der Waals surface area contributed by atoms with E-state index in [0.29, 0.717) is 23.2 Å². The fraction of sp³-hybridized carbons (Fsp3) is 0.615. The number of rotatable bonds is 6. The maximum Gasteiger partial charge on any atom is 0.238 e. The molecule has 1 aromatic rings. The van der Waals surface area contributed by atoms with Crippen molar-refractivity contribution in [2.24, 2.45) is 5.92 Å². The number of ether oxygens (including phenoxy) is 1. The Bertz CT molecular complexity index is 465. The molecule has 19 heavy (non-hydrogen) atoms. The summed E-state index contributed by atoms with van der Waals surface area (Å²) >= 11 is 0. The molecule has 1 rings (SSSR count). The molecule has 0 aliphatic rings. The zero-order chi connectivity index (χ0) is 14.4. The van der Waals surface area contributed by atoms with Crippen LogP contribution in [0.1, 0.15) is 33.3 Å². The Morgan fingerprint density at radius 3 is 2.42 bits per heavy atom. The Morgan fingerprint density at radius 1 is 1.26 bits per heavy atom. The van der Waals surface area contributed by atoms with Crippen LogP contribution in [0.2, 0.25) is 0 Å². The molecular formula is C13H21N5O. The summed E-state index contributed by atoms with van der Waals surface area (Å²) in [5, 5.41) is 15.5. The minimum Gasteiger partial charge on any atom is -0.480 e. The standard InChI is InChI=1S/C13H21N5O/c1-8(2)7-15-11-10(6-14)12(19-5)18-13(17-11)16-9(3)4/h8-9H,7H2,1-5H3,(H2,15,16,17,18). The molecule has 0 bridgehead atoms. The van der Waals surface area contributed by atoms with Crippen molar-refractivity contribution in [3.63, 3.8) is 0 Å². The molecule has 0 aromatic carbocycles. The molecule has 0 atom stereocenters. The molecule has 0 aliphatic heterocycles. The van der Waals surface area contributed by atoms with Gasteiger partial charge in [0.15, 0.2) is 11.4 Å². The Labute approximate surface area is 114 Å². The van der Waals surface area contributed by atoms with Crippen molar-refractivity contribution in [1.82, 2.24) is 9.97 Å². The highest BCUT2D eigenvalue weighted by atomic mass is 16.5. The molecule has 0 amide bonds. The summed E-state index contributed by atoms with van der Waals surface area (Å²) in [5.41, 5.74) is 0.331. The Morgan fingerprint density at radius 2 is 1.95 bits per heavy atom. The third-order valence-electron chi connectivity index (χ3n) is 2.28. The summed E-state index contributed by atoms with van der Waals surface area (Å²) in [5.74, 6) is 1.70. The third kappa shape index (κ3) is 4.28. The molecule has 0 radical (unpaired) electrons. The topological polar surface area (TPSA) is 82.9 Å². The first-order chi connectivity index (χ1) is 8.97. The van der Waals surface area contributed by atoms with Crippen LogP contribution in [0.25, 0.3) is 0 Å². The monoisotopic (exact) mass is 263 g/mol. The van der Waals surface area contributed by atoms with Crippen molar-refractivity contribution in [3.8, 4) is 11.9 Å². The van der Waals surface area contributed by atoms with Gasteiger partial charge in [0.2, 0.25) is 11.8 Å². The van der Waals surface area contributed by atoms with Gasteiger partial charge in [0.1, 0.15) is 6.07 Å². The van der Waals surface area contributed by atoms with Crippen molar-refractivity contribution in [1.29, 1.82) is 5.26 Å². The van der Waals surface area contributed by atoms with Gasteiger partial charge >= 0.3 is 0 Å². The maximum atomic E-state index is 9.20. The Balaban J connectivity index is 3.12. The molecule has 0 saturated heterocycles. The Hall–Kier alpha value is -2.03. The van der Waals surface area contributed by atoms with Gasteiger partial charge in [-0.2, -0.15) is 15.2 Å². The van der Waals surface area contributed by atoms with Gasteiger partial charge in [0.05, 0.1) is 7.11 Å². The zero-order valence-electron chi connectivity index (χ0n) is 12.1. The van der Waals surface area contributed by atoms with Crippen molar-refractivity contribution in [2.45, 2.75) is 33.7 Å². The van der Waals surface area contributed by atoms with Crippen LogP contribution in [0.3, 0.4) is 0 Å². The average Bonchev–Trinajstić information content (AvgIpc) is 2.34. The van der Waals surface area contributed by atoms with E-state index in [-0.39, 0.29) is 11.9 Å². The fourth-order valence-electron chi connectivity index (χ4n) is 1.44. The van der Waals surface area contributed by atoms with Gasteiger partial charge in [-0.3, -0.25) is 0 Å². The summed E-state index contributed by atoms with van der Waals surface area (Å²) in [7, 11) is 1.49. The van der Waals surface area contributed by atoms with E-state index in [1.807, 2.05) is 13.8 Å². The van der Waals surface area contributed by atoms with E-state index in [0.717, 1.165) is 6.54 Å². The highest BCUT2D eigenvalue weighted by Crippen LogP contribution is 2.24. The van der Waals surface area contributed by atoms with Crippen molar-refractivity contribution in [2.75, 3.05) is 24.3 Å². The molecule has 6 nitrogen and oxygen atoms in total. The first-order valence-corrected chi connectivity index (χ1v) is 6.34. The van der Waals surface area contributed by atoms with Crippen LogP contribution in [0.4, 0.5) is 11.8 Å². The van der Waals surface area contributed by atoms with E-state index in [4.69, 9.17) is 4.74 Å². The zero-order valence-corrected chi connectivity index (χ0v) is 12.1. The fourth-order valence-corrected chi connectivity index (χ4v) is 1.44. The molecule has 6 heteroatoms. The third-order valence-corrected chi connectivity index (χ3v) is 2.28. The second kappa shape index (κ2) is 6.78. The second-order valence-corrected chi connectivity index (χ2v) is 4.97. The lowest BCUT2D eigenvalue weighted by Crippen LogP contribution is -2.16. The maximum absolute atomic E-state index is 9.20. The lowest BCUT2D eigenvalue weighted by molar-refractivity contribution is 0.396. The van der Waals surface area contributed by atoms with Crippen molar-refractivity contribution >= 4 is 11.8 Å². The highest BCUT2D eigenvalue weighted by Gasteiger charge is 2.15. The van der Waals surface area contributed by atoms with Crippen LogP contribution in [0.5, 0.6) is 5.88 Å². The summed E-state index contributed by atoms with van der Waals surface area (Å²) in [6, 6.07) is 2.28. The molecule has 0 fully saturated rings. The predicted octanol–water partition coefficient (Wildman–Crippen LogP) is 2.25. The first kappa shape index (κ1) is 15.0. The quantitative estimate of drug-likeness (QED) is 0.819. The van der Waals surface area contributed by atoms with E-state index in [9.17, 15) is 5.26 Å². The van der Waals surface area contributed by atoms with E-state index in [1.165, 1.54) is 7.11 Å². The van der Waals surface area contributed by atoms with E-state index in [2.05, 4.69) is 40.5 Å². The molecule has 104 valence electrons. The first-order valence-electron chi connectivity index (χ1n) is 6.34. The summed E-state index contributed by atoms with van der Waals surface area (Å²) in [4.78, 5) is 8.51. The van der Waals surface area contributed by atoms with Gasteiger partial charge in [-0.25, -0.2) is 0 Å². The molecule has 0 unspecified atom stereocenters. The van der Waals surface area contributed by atoms with E-state index in [1.54, 1.807) is 0 Å². The number of hydrogen-bond donors (Lipinski definition) is 2. The number of nitrogens with one attached hydrogen (secondary N) is 2. The van der Waals surface area contributed by atoms with Gasteiger partial charge in [-0.15, -0.1) is 0 Å². The number of aromatic nitrogens is 2. The van der Waals surface area contributed by atoms with Crippen molar-refractivity contribution < 1.29 is 4.74 Å². The van der Waals surface area contributed by atoms with Crippen molar-refractivity contribution in [3.05, 3.63) is 5.56 Å². The SMILES string of the molecule is COc1nc(NC(C)C)nc(NCC(C)C)c1C#N. The largest absolute Gasteiger partial charge is 0.480 e. The van der Waals surface area contributed by atoms with Gasteiger partial charge in [-0.1, -0.05) is 13.8 Å². The number of methoxy groups -OCH3 is 1. The predicted molar refractivity (Wildman–Crippen MR) is 75.4 cm³/mol. The van der Waals surface area contributed by atoms with Gasteiger partial charge in [-0.05, 0) is 19.8 Å². The minimum absolute atomic E-state index is 0.204. The number of nitrogens with zero attached hydrogens (tertiary/aromatic N) is 3. The molecule has 0 spiro atoms. The van der Waals surface area contributed by atoms with E-state index < -0.39 is 0 Å². The van der Waals surface area contributed by atoms with Crippen LogP contribution >= 0.6 is 0 Å². The highest BCUT2D eigenvalue weighted by molar-refractivity contribution is 5.59. The summed E-state index contributed by atoms with van der Waals surface area (Å²) < 4.78 is 5.15. The van der Waals surface area contributed by atoms with Crippen LogP contribution in [0.15, 0.2) is 0 Å². The second-order valence-electron chi connectivity index (χ2n) is 4.97.